The molecule has 1 N–H and O–H groups in total. The van der Waals surface area contributed by atoms with E-state index in [-0.39, 0.29) is 0 Å². The topological polar surface area (TPSA) is 21.3 Å². The van der Waals surface area contributed by atoms with Gasteiger partial charge in [0.15, 0.2) is 0 Å². The zero-order valence-electron chi connectivity index (χ0n) is 9.33. The summed E-state index contributed by atoms with van der Waals surface area (Å²) in [5, 5.41) is 3.48. The third-order valence-corrected chi connectivity index (χ3v) is 2.98. The first kappa shape index (κ1) is 10.5. The van der Waals surface area contributed by atoms with Crippen LogP contribution >= 0.6 is 0 Å². The fourth-order valence-corrected chi connectivity index (χ4v) is 2.03. The molecule has 0 aliphatic carbocycles. The van der Waals surface area contributed by atoms with Gasteiger partial charge < -0.3 is 10.1 Å². The molecule has 2 nitrogen and oxygen atoms in total. The molecule has 0 saturated carbocycles. The Morgan fingerprint density at radius 2 is 2.27 bits per heavy atom. The molecule has 1 heterocycles. The lowest BCUT2D eigenvalue weighted by molar-refractivity contribution is 0.290. The van der Waals surface area contributed by atoms with Crippen molar-refractivity contribution in [1.29, 1.82) is 0 Å². The molecular formula is C13H19NO. The van der Waals surface area contributed by atoms with Gasteiger partial charge in [-0.25, -0.2) is 0 Å². The maximum absolute atomic E-state index is 5.76. The molecule has 1 aromatic rings. The van der Waals surface area contributed by atoms with Crippen LogP contribution < -0.4 is 10.1 Å². The molecule has 1 aromatic carbocycles. The van der Waals surface area contributed by atoms with Gasteiger partial charge in [0, 0.05) is 6.04 Å². The van der Waals surface area contributed by atoms with Gasteiger partial charge in [0.05, 0.1) is 6.61 Å². The Morgan fingerprint density at radius 3 is 3.00 bits per heavy atom. The molecule has 0 aromatic heterocycles. The van der Waals surface area contributed by atoms with E-state index in [4.69, 9.17) is 4.74 Å². The molecule has 15 heavy (non-hydrogen) atoms. The van der Waals surface area contributed by atoms with E-state index in [2.05, 4.69) is 18.3 Å². The highest BCUT2D eigenvalue weighted by Crippen LogP contribution is 2.17. The molecule has 0 amide bonds. The number of aryl methyl sites for hydroxylation is 1. The maximum Gasteiger partial charge on any atom is 0.122 e. The predicted molar refractivity (Wildman–Crippen MR) is 62.3 cm³/mol. The first-order valence-electron chi connectivity index (χ1n) is 5.78. The first-order chi connectivity index (χ1) is 7.36. The van der Waals surface area contributed by atoms with Crippen LogP contribution in [0.2, 0.25) is 0 Å². The molecule has 1 atom stereocenters. The van der Waals surface area contributed by atoms with E-state index in [0.29, 0.717) is 6.04 Å². The molecule has 1 aliphatic heterocycles. The Morgan fingerprint density at radius 1 is 1.40 bits per heavy atom. The Balaban J connectivity index is 1.75. The van der Waals surface area contributed by atoms with Gasteiger partial charge in [0.2, 0.25) is 0 Å². The molecule has 1 fully saturated rings. The quantitative estimate of drug-likeness (QED) is 0.815. The SMILES string of the molecule is Cc1ccccc1OCCC1CCCN1. The Bertz CT molecular complexity index is 305. The minimum Gasteiger partial charge on any atom is -0.493 e. The lowest BCUT2D eigenvalue weighted by Gasteiger charge is -2.12. The standard InChI is InChI=1S/C13H19NO/c1-11-5-2-3-7-13(11)15-10-8-12-6-4-9-14-12/h2-3,5,7,12,14H,4,6,8-10H2,1H3. The van der Waals surface area contributed by atoms with Gasteiger partial charge in [0.25, 0.3) is 0 Å². The highest BCUT2D eigenvalue weighted by Gasteiger charge is 2.13. The van der Waals surface area contributed by atoms with Gasteiger partial charge in [-0.2, -0.15) is 0 Å². The molecule has 2 heteroatoms. The summed E-state index contributed by atoms with van der Waals surface area (Å²) < 4.78 is 5.76. The summed E-state index contributed by atoms with van der Waals surface area (Å²) in [5.74, 6) is 1.02. The van der Waals surface area contributed by atoms with Crippen LogP contribution in [0.5, 0.6) is 5.75 Å². The smallest absolute Gasteiger partial charge is 0.122 e. The van der Waals surface area contributed by atoms with Crippen molar-refractivity contribution in [2.24, 2.45) is 0 Å². The molecule has 1 unspecified atom stereocenters. The average molecular weight is 205 g/mol. The second-order valence-corrected chi connectivity index (χ2v) is 4.20. The average Bonchev–Trinajstić information content (AvgIpc) is 2.74. The summed E-state index contributed by atoms with van der Waals surface area (Å²) in [6.45, 7) is 4.08. The minimum absolute atomic E-state index is 0.675. The summed E-state index contributed by atoms with van der Waals surface area (Å²) in [6.07, 6.45) is 3.74. The van der Waals surface area contributed by atoms with Gasteiger partial charge in [-0.1, -0.05) is 18.2 Å². The Hall–Kier alpha value is -1.02. The van der Waals surface area contributed by atoms with Crippen LogP contribution in [0.15, 0.2) is 24.3 Å². The summed E-state index contributed by atoms with van der Waals surface area (Å²) in [4.78, 5) is 0. The van der Waals surface area contributed by atoms with Crippen molar-refractivity contribution < 1.29 is 4.74 Å². The number of hydrogen-bond donors (Lipinski definition) is 1. The van der Waals surface area contributed by atoms with Crippen molar-refractivity contribution in [1.82, 2.24) is 5.32 Å². The van der Waals surface area contributed by atoms with E-state index in [1.54, 1.807) is 0 Å². The summed E-state index contributed by atoms with van der Waals surface area (Å²) in [7, 11) is 0. The second kappa shape index (κ2) is 5.17. The predicted octanol–water partition coefficient (Wildman–Crippen LogP) is 2.52. The summed E-state index contributed by atoms with van der Waals surface area (Å²) in [5.41, 5.74) is 1.22. The number of nitrogens with one attached hydrogen (secondary N) is 1. The first-order valence-corrected chi connectivity index (χ1v) is 5.78. The number of benzene rings is 1. The second-order valence-electron chi connectivity index (χ2n) is 4.20. The zero-order chi connectivity index (χ0) is 10.5. The lowest BCUT2D eigenvalue weighted by atomic mass is 10.2. The number of rotatable bonds is 4. The fourth-order valence-electron chi connectivity index (χ4n) is 2.03. The van der Waals surface area contributed by atoms with Crippen molar-refractivity contribution in [3.63, 3.8) is 0 Å². The molecular weight excluding hydrogens is 186 g/mol. The Labute approximate surface area is 91.6 Å². The van der Waals surface area contributed by atoms with Crippen LogP contribution in [-0.4, -0.2) is 19.2 Å². The van der Waals surface area contributed by atoms with E-state index in [9.17, 15) is 0 Å². The molecule has 2 rings (SSSR count). The molecule has 0 radical (unpaired) electrons. The molecule has 1 aliphatic rings. The van der Waals surface area contributed by atoms with E-state index in [1.807, 2.05) is 18.2 Å². The van der Waals surface area contributed by atoms with Crippen LogP contribution in [0.4, 0.5) is 0 Å². The highest BCUT2D eigenvalue weighted by atomic mass is 16.5. The highest BCUT2D eigenvalue weighted by molar-refractivity contribution is 5.31. The van der Waals surface area contributed by atoms with Gasteiger partial charge in [-0.05, 0) is 44.4 Å². The van der Waals surface area contributed by atoms with E-state index in [0.717, 1.165) is 18.8 Å². The van der Waals surface area contributed by atoms with E-state index < -0.39 is 0 Å². The van der Waals surface area contributed by atoms with Crippen molar-refractivity contribution in [2.75, 3.05) is 13.2 Å². The summed E-state index contributed by atoms with van der Waals surface area (Å²) in [6, 6.07) is 8.87. The van der Waals surface area contributed by atoms with Crippen molar-refractivity contribution in [2.45, 2.75) is 32.2 Å². The minimum atomic E-state index is 0.675. The van der Waals surface area contributed by atoms with Crippen LogP contribution in [-0.2, 0) is 0 Å². The van der Waals surface area contributed by atoms with Gasteiger partial charge in [-0.3, -0.25) is 0 Å². The molecule has 0 spiro atoms. The third kappa shape index (κ3) is 2.96. The van der Waals surface area contributed by atoms with Crippen molar-refractivity contribution in [3.8, 4) is 5.75 Å². The lowest BCUT2D eigenvalue weighted by Crippen LogP contribution is -2.23. The van der Waals surface area contributed by atoms with E-state index in [1.165, 1.54) is 24.9 Å². The number of ether oxygens (including phenoxy) is 1. The fraction of sp³-hybridized carbons (Fsp3) is 0.538. The van der Waals surface area contributed by atoms with Crippen LogP contribution in [0.25, 0.3) is 0 Å². The third-order valence-electron chi connectivity index (χ3n) is 2.98. The van der Waals surface area contributed by atoms with Crippen molar-refractivity contribution >= 4 is 0 Å². The Kier molecular flexibility index (Phi) is 3.62. The van der Waals surface area contributed by atoms with Crippen LogP contribution in [0.3, 0.4) is 0 Å². The van der Waals surface area contributed by atoms with Gasteiger partial charge in [-0.15, -0.1) is 0 Å². The van der Waals surface area contributed by atoms with Gasteiger partial charge in [0.1, 0.15) is 5.75 Å². The summed E-state index contributed by atoms with van der Waals surface area (Å²) >= 11 is 0. The molecule has 0 bridgehead atoms. The molecule has 1 saturated heterocycles. The van der Waals surface area contributed by atoms with E-state index >= 15 is 0 Å². The van der Waals surface area contributed by atoms with Gasteiger partial charge >= 0.3 is 0 Å². The van der Waals surface area contributed by atoms with Crippen molar-refractivity contribution in [3.05, 3.63) is 29.8 Å². The normalized spacial score (nSPS) is 20.5. The zero-order valence-corrected chi connectivity index (χ0v) is 9.33. The molecule has 82 valence electrons. The monoisotopic (exact) mass is 205 g/mol. The number of para-hydroxylation sites is 1. The largest absolute Gasteiger partial charge is 0.493 e. The maximum atomic E-state index is 5.76. The van der Waals surface area contributed by atoms with Crippen LogP contribution in [0, 0.1) is 6.92 Å². The van der Waals surface area contributed by atoms with Crippen LogP contribution in [0.1, 0.15) is 24.8 Å². The number of hydrogen-bond acceptors (Lipinski definition) is 2.